The molecule has 0 bridgehead atoms. The van der Waals surface area contributed by atoms with Gasteiger partial charge >= 0.3 is 0 Å². The van der Waals surface area contributed by atoms with Crippen LogP contribution in [0.25, 0.3) is 0 Å². The van der Waals surface area contributed by atoms with Crippen molar-refractivity contribution in [1.82, 2.24) is 5.32 Å². The van der Waals surface area contributed by atoms with Crippen LogP contribution < -0.4 is 5.32 Å². The molecule has 0 aromatic rings. The van der Waals surface area contributed by atoms with Crippen LogP contribution >= 0.6 is 0 Å². The van der Waals surface area contributed by atoms with Crippen LogP contribution in [0.3, 0.4) is 0 Å². The molecule has 1 saturated carbocycles. The highest BCUT2D eigenvalue weighted by atomic mass is 16.5. The molecule has 1 fully saturated rings. The molecular weight excluding hydrogens is 224 g/mol. The van der Waals surface area contributed by atoms with E-state index in [4.69, 9.17) is 4.74 Å². The van der Waals surface area contributed by atoms with Gasteiger partial charge in [-0.1, -0.05) is 20.3 Å². The first-order valence-electron chi connectivity index (χ1n) is 7.29. The summed E-state index contributed by atoms with van der Waals surface area (Å²) < 4.78 is 5.86. The number of nitriles is 1. The maximum atomic E-state index is 9.30. The minimum atomic E-state index is -0.436. The van der Waals surface area contributed by atoms with Gasteiger partial charge in [-0.05, 0) is 39.0 Å². The van der Waals surface area contributed by atoms with Crippen molar-refractivity contribution < 1.29 is 4.74 Å². The van der Waals surface area contributed by atoms with E-state index in [1.54, 1.807) is 0 Å². The van der Waals surface area contributed by atoms with Crippen LogP contribution in [0.15, 0.2) is 0 Å². The zero-order valence-electron chi connectivity index (χ0n) is 12.3. The van der Waals surface area contributed by atoms with Crippen LogP contribution in [-0.4, -0.2) is 24.3 Å². The van der Waals surface area contributed by atoms with Gasteiger partial charge in [0.25, 0.3) is 0 Å². The molecule has 0 aliphatic heterocycles. The number of nitrogens with one attached hydrogen (secondary N) is 1. The summed E-state index contributed by atoms with van der Waals surface area (Å²) in [7, 11) is 0. The molecule has 104 valence electrons. The Morgan fingerprint density at radius 1 is 1.44 bits per heavy atom. The molecular formula is C15H28N2O. The molecule has 3 nitrogen and oxygen atoms in total. The van der Waals surface area contributed by atoms with Crippen molar-refractivity contribution in [3.05, 3.63) is 0 Å². The molecule has 1 aliphatic rings. The van der Waals surface area contributed by atoms with E-state index in [1.165, 1.54) is 25.7 Å². The summed E-state index contributed by atoms with van der Waals surface area (Å²) in [4.78, 5) is 0. The quantitative estimate of drug-likeness (QED) is 0.685. The lowest BCUT2D eigenvalue weighted by Gasteiger charge is -2.27. The molecule has 0 heterocycles. The van der Waals surface area contributed by atoms with Gasteiger partial charge in [0.1, 0.15) is 5.54 Å². The number of hydrogen-bond donors (Lipinski definition) is 1. The normalized spacial score (nSPS) is 21.9. The van der Waals surface area contributed by atoms with Gasteiger partial charge in [-0.2, -0.15) is 5.26 Å². The lowest BCUT2D eigenvalue weighted by Crippen LogP contribution is -2.45. The fraction of sp³-hybridized carbons (Fsp3) is 0.933. The first-order valence-corrected chi connectivity index (χ1v) is 7.29. The lowest BCUT2D eigenvalue weighted by atomic mass is 9.96. The molecule has 0 saturated heterocycles. The molecule has 0 radical (unpaired) electrons. The summed E-state index contributed by atoms with van der Waals surface area (Å²) in [5.41, 5.74) is -0.436. The van der Waals surface area contributed by atoms with Crippen LogP contribution in [0.2, 0.25) is 0 Å². The van der Waals surface area contributed by atoms with Crippen LogP contribution in [0.5, 0.6) is 0 Å². The Morgan fingerprint density at radius 3 is 2.61 bits per heavy atom. The molecule has 0 aromatic carbocycles. The van der Waals surface area contributed by atoms with Gasteiger partial charge in [0.05, 0.1) is 12.2 Å². The number of rotatable bonds is 9. The zero-order valence-corrected chi connectivity index (χ0v) is 12.3. The Labute approximate surface area is 112 Å². The molecule has 3 atom stereocenters. The molecule has 1 N–H and O–H groups in total. The van der Waals surface area contributed by atoms with E-state index in [0.29, 0.717) is 12.0 Å². The Bertz CT molecular complexity index is 283. The highest BCUT2D eigenvalue weighted by molar-refractivity contribution is 5.07. The zero-order chi connectivity index (χ0) is 13.6. The van der Waals surface area contributed by atoms with Crippen LogP contribution in [0.4, 0.5) is 0 Å². The summed E-state index contributed by atoms with van der Waals surface area (Å²) in [6, 6.07) is 2.96. The second-order valence-electron chi connectivity index (χ2n) is 6.10. The summed E-state index contributed by atoms with van der Waals surface area (Å²) in [6.45, 7) is 9.29. The van der Waals surface area contributed by atoms with Crippen molar-refractivity contribution in [1.29, 1.82) is 5.26 Å². The van der Waals surface area contributed by atoms with Gasteiger partial charge in [-0.15, -0.1) is 0 Å². The average molecular weight is 252 g/mol. The topological polar surface area (TPSA) is 45.0 Å². The largest absolute Gasteiger partial charge is 0.378 e. The smallest absolute Gasteiger partial charge is 0.106 e. The first-order chi connectivity index (χ1) is 8.49. The molecule has 18 heavy (non-hydrogen) atoms. The molecule has 3 unspecified atom stereocenters. The van der Waals surface area contributed by atoms with Crippen LogP contribution in [0.1, 0.15) is 59.8 Å². The maximum Gasteiger partial charge on any atom is 0.106 e. The van der Waals surface area contributed by atoms with E-state index in [0.717, 1.165) is 13.0 Å². The van der Waals surface area contributed by atoms with E-state index in [-0.39, 0.29) is 6.10 Å². The third-order valence-electron chi connectivity index (χ3n) is 3.49. The molecule has 1 rings (SSSR count). The summed E-state index contributed by atoms with van der Waals surface area (Å²) >= 11 is 0. The minimum Gasteiger partial charge on any atom is -0.378 e. The predicted molar refractivity (Wildman–Crippen MR) is 74.3 cm³/mol. The molecule has 0 spiro atoms. The summed E-state index contributed by atoms with van der Waals surface area (Å²) in [5, 5.41) is 12.7. The van der Waals surface area contributed by atoms with Crippen LogP contribution in [0, 0.1) is 17.2 Å². The molecule has 0 aromatic heterocycles. The Kier molecular flexibility index (Phi) is 6.11. The Balaban J connectivity index is 2.28. The highest BCUT2D eigenvalue weighted by Gasteiger charge is 2.33. The van der Waals surface area contributed by atoms with Gasteiger partial charge in [0.15, 0.2) is 0 Å². The van der Waals surface area contributed by atoms with E-state index in [9.17, 15) is 5.26 Å². The van der Waals surface area contributed by atoms with Crippen molar-refractivity contribution in [2.24, 2.45) is 5.92 Å². The molecule has 3 heteroatoms. The van der Waals surface area contributed by atoms with Gasteiger partial charge < -0.3 is 4.74 Å². The number of hydrogen-bond acceptors (Lipinski definition) is 3. The average Bonchev–Trinajstić information content (AvgIpc) is 3.10. The summed E-state index contributed by atoms with van der Waals surface area (Å²) in [6.07, 6.45) is 5.74. The third kappa shape index (κ3) is 5.84. The molecule has 1 aliphatic carbocycles. The third-order valence-corrected chi connectivity index (χ3v) is 3.49. The standard InChI is InChI=1S/C15H28N2O/c1-5-6-12(2)10-18-13(3)9-15(4,11-16)17-14-7-8-14/h12-14,17H,5-10H2,1-4H3. The van der Waals surface area contributed by atoms with Gasteiger partial charge in [0, 0.05) is 19.1 Å². The monoisotopic (exact) mass is 252 g/mol. The van der Waals surface area contributed by atoms with E-state index >= 15 is 0 Å². The van der Waals surface area contributed by atoms with Crippen molar-refractivity contribution in [2.75, 3.05) is 6.61 Å². The second-order valence-corrected chi connectivity index (χ2v) is 6.10. The van der Waals surface area contributed by atoms with E-state index < -0.39 is 5.54 Å². The fourth-order valence-electron chi connectivity index (χ4n) is 2.35. The maximum absolute atomic E-state index is 9.30. The first kappa shape index (κ1) is 15.5. The molecule has 0 amide bonds. The number of nitrogens with zero attached hydrogens (tertiary/aromatic N) is 1. The predicted octanol–water partition coefficient (Wildman–Crippen LogP) is 3.25. The highest BCUT2D eigenvalue weighted by Crippen LogP contribution is 2.25. The van der Waals surface area contributed by atoms with E-state index in [1.807, 2.05) is 6.92 Å². The van der Waals surface area contributed by atoms with Gasteiger partial charge in [-0.25, -0.2) is 0 Å². The summed E-state index contributed by atoms with van der Waals surface area (Å²) in [5.74, 6) is 0.613. The van der Waals surface area contributed by atoms with Gasteiger partial charge in [-0.3, -0.25) is 5.32 Å². The van der Waals surface area contributed by atoms with Crippen molar-refractivity contribution in [3.8, 4) is 6.07 Å². The van der Waals surface area contributed by atoms with Crippen molar-refractivity contribution >= 4 is 0 Å². The number of ether oxygens (including phenoxy) is 1. The Morgan fingerprint density at radius 2 is 2.11 bits per heavy atom. The van der Waals surface area contributed by atoms with Crippen molar-refractivity contribution in [2.45, 2.75) is 77.5 Å². The second kappa shape index (κ2) is 7.11. The fourth-order valence-corrected chi connectivity index (χ4v) is 2.35. The Hall–Kier alpha value is -0.590. The minimum absolute atomic E-state index is 0.139. The lowest BCUT2D eigenvalue weighted by molar-refractivity contribution is 0.0264. The van der Waals surface area contributed by atoms with Crippen LogP contribution in [-0.2, 0) is 4.74 Å². The van der Waals surface area contributed by atoms with Crippen molar-refractivity contribution in [3.63, 3.8) is 0 Å². The van der Waals surface area contributed by atoms with Gasteiger partial charge in [0.2, 0.25) is 0 Å². The SMILES string of the molecule is CCCC(C)COC(C)CC(C)(C#N)NC1CC1. The van der Waals surface area contributed by atoms with E-state index in [2.05, 4.69) is 32.2 Å².